The predicted octanol–water partition coefficient (Wildman–Crippen LogP) is 7.19. The Morgan fingerprint density at radius 2 is 1.55 bits per heavy atom. The van der Waals surface area contributed by atoms with Crippen LogP contribution in [0.2, 0.25) is 0 Å². The lowest BCUT2D eigenvalue weighted by atomic mass is 9.99. The molecule has 0 amide bonds. The fraction of sp³-hybridized carbons (Fsp3) is 0.222. The highest BCUT2D eigenvalue weighted by molar-refractivity contribution is 5.82. The number of halogens is 1. The summed E-state index contributed by atoms with van der Waals surface area (Å²) >= 11 is 0. The van der Waals surface area contributed by atoms with Crippen LogP contribution < -0.4 is 4.74 Å². The molecule has 4 aromatic rings. The number of aromatic nitrogens is 2. The lowest BCUT2D eigenvalue weighted by molar-refractivity contribution is 0.221. The maximum absolute atomic E-state index is 14.0. The van der Waals surface area contributed by atoms with Crippen molar-refractivity contribution in [3.05, 3.63) is 89.7 Å². The first-order valence-corrected chi connectivity index (χ1v) is 10.5. The van der Waals surface area contributed by atoms with Crippen LogP contribution in [-0.4, -0.2) is 15.7 Å². The lowest BCUT2D eigenvalue weighted by Crippen LogP contribution is -2.08. The van der Waals surface area contributed by atoms with Crippen molar-refractivity contribution in [1.82, 2.24) is 9.55 Å². The van der Waals surface area contributed by atoms with Crippen LogP contribution in [0.25, 0.3) is 28.9 Å². The van der Waals surface area contributed by atoms with Crippen LogP contribution >= 0.6 is 0 Å². The number of alkyl halides is 1. The molecule has 4 rings (SSSR count). The molecule has 0 fully saturated rings. The molecule has 0 bridgehead atoms. The van der Waals surface area contributed by atoms with Crippen molar-refractivity contribution < 1.29 is 9.13 Å². The maximum Gasteiger partial charge on any atom is 0.130 e. The Hall–Kier alpha value is -3.40. The highest BCUT2D eigenvalue weighted by Gasteiger charge is 2.17. The van der Waals surface area contributed by atoms with Gasteiger partial charge in [-0.1, -0.05) is 42.5 Å². The number of benzene rings is 3. The summed E-state index contributed by atoms with van der Waals surface area (Å²) in [6.07, 6.45) is 6.07. The highest BCUT2D eigenvalue weighted by Crippen LogP contribution is 2.25. The Morgan fingerprint density at radius 3 is 2.19 bits per heavy atom. The van der Waals surface area contributed by atoms with Gasteiger partial charge in [0.25, 0.3) is 0 Å². The summed E-state index contributed by atoms with van der Waals surface area (Å²) in [6.45, 7) is 7.17. The zero-order chi connectivity index (χ0) is 22.0. The first kappa shape index (κ1) is 20.9. The Balaban J connectivity index is 1.54. The number of hydrogen-bond donors (Lipinski definition) is 0. The Morgan fingerprint density at radius 1 is 0.903 bits per heavy atom. The van der Waals surface area contributed by atoms with E-state index >= 15 is 0 Å². The predicted molar refractivity (Wildman–Crippen MR) is 126 cm³/mol. The van der Waals surface area contributed by atoms with Crippen LogP contribution in [0.1, 0.15) is 44.4 Å². The van der Waals surface area contributed by atoms with Crippen LogP contribution in [0, 0.1) is 0 Å². The molecular weight excluding hydrogens is 387 g/mol. The SMILES string of the molecule is CC(C)Oc1ccc(-n2cnc3cc(/C=C\c4ccc(C(C)(C)F)cc4)ccc32)cc1. The number of hydrogen-bond acceptors (Lipinski definition) is 2. The number of rotatable bonds is 6. The van der Waals surface area contributed by atoms with Crippen LogP contribution in [0.15, 0.2) is 73.1 Å². The third kappa shape index (κ3) is 4.85. The van der Waals surface area contributed by atoms with E-state index < -0.39 is 5.67 Å². The van der Waals surface area contributed by atoms with Crippen molar-refractivity contribution >= 4 is 23.2 Å². The van der Waals surface area contributed by atoms with E-state index in [1.807, 2.05) is 80.9 Å². The molecule has 0 spiro atoms. The Bertz CT molecular complexity index is 1200. The van der Waals surface area contributed by atoms with Gasteiger partial charge in [-0.2, -0.15) is 0 Å². The summed E-state index contributed by atoms with van der Waals surface area (Å²) in [4.78, 5) is 4.58. The summed E-state index contributed by atoms with van der Waals surface area (Å²) in [7, 11) is 0. The molecule has 31 heavy (non-hydrogen) atoms. The molecule has 4 heteroatoms. The second-order valence-corrected chi connectivity index (χ2v) is 8.45. The number of fused-ring (bicyclic) bond motifs is 1. The van der Waals surface area contributed by atoms with E-state index in [0.29, 0.717) is 5.56 Å². The standard InChI is InChI=1S/C27H27FN2O/c1-19(2)31-24-14-12-23(13-15-24)30-18-29-25-17-21(9-16-26(25)30)6-5-20-7-10-22(11-8-20)27(3,4)28/h5-19H,1-4H3/b6-5-. The Labute approximate surface area is 182 Å². The third-order valence-electron chi connectivity index (χ3n) is 5.12. The van der Waals surface area contributed by atoms with Crippen LogP contribution in [0.3, 0.4) is 0 Å². The lowest BCUT2D eigenvalue weighted by Gasteiger charge is -2.14. The summed E-state index contributed by atoms with van der Waals surface area (Å²) in [6, 6.07) is 21.8. The quantitative estimate of drug-likeness (QED) is 0.312. The smallest absolute Gasteiger partial charge is 0.130 e. The van der Waals surface area contributed by atoms with Gasteiger partial charge in [-0.25, -0.2) is 9.37 Å². The zero-order valence-corrected chi connectivity index (χ0v) is 18.3. The van der Waals surface area contributed by atoms with E-state index in [4.69, 9.17) is 4.74 Å². The average molecular weight is 415 g/mol. The van der Waals surface area contributed by atoms with E-state index in [0.717, 1.165) is 33.6 Å². The van der Waals surface area contributed by atoms with Gasteiger partial charge in [0.15, 0.2) is 0 Å². The maximum atomic E-state index is 14.0. The van der Waals surface area contributed by atoms with Gasteiger partial charge in [0.1, 0.15) is 17.7 Å². The first-order valence-electron chi connectivity index (χ1n) is 10.5. The minimum Gasteiger partial charge on any atom is -0.491 e. The second-order valence-electron chi connectivity index (χ2n) is 8.45. The van der Waals surface area contributed by atoms with Crippen LogP contribution in [0.5, 0.6) is 5.75 Å². The van der Waals surface area contributed by atoms with Crippen molar-refractivity contribution in [2.45, 2.75) is 39.5 Å². The third-order valence-corrected chi connectivity index (χ3v) is 5.12. The summed E-state index contributed by atoms with van der Waals surface area (Å²) < 4.78 is 21.8. The van der Waals surface area contributed by atoms with Gasteiger partial charge in [-0.05, 0) is 80.8 Å². The van der Waals surface area contributed by atoms with Gasteiger partial charge in [0.05, 0.1) is 17.1 Å². The van der Waals surface area contributed by atoms with Gasteiger partial charge < -0.3 is 4.74 Å². The first-order chi connectivity index (χ1) is 14.8. The molecule has 0 atom stereocenters. The van der Waals surface area contributed by atoms with Gasteiger partial charge in [-0.15, -0.1) is 0 Å². The number of nitrogens with zero attached hydrogens (tertiary/aromatic N) is 2. The molecule has 1 aromatic heterocycles. The molecule has 0 radical (unpaired) electrons. The Kier molecular flexibility index (Phi) is 5.64. The van der Waals surface area contributed by atoms with Crippen LogP contribution in [-0.2, 0) is 5.67 Å². The number of ether oxygens (including phenoxy) is 1. The molecule has 0 aliphatic carbocycles. The van der Waals surface area contributed by atoms with Crippen molar-refractivity contribution in [2.75, 3.05) is 0 Å². The van der Waals surface area contributed by atoms with Gasteiger partial charge in [0.2, 0.25) is 0 Å². The largest absolute Gasteiger partial charge is 0.491 e. The van der Waals surface area contributed by atoms with Crippen molar-refractivity contribution in [3.63, 3.8) is 0 Å². The minimum atomic E-state index is -1.33. The fourth-order valence-electron chi connectivity index (χ4n) is 3.48. The molecule has 0 N–H and O–H groups in total. The molecule has 0 unspecified atom stereocenters. The molecule has 0 aliphatic heterocycles. The number of imidazole rings is 1. The van der Waals surface area contributed by atoms with Crippen molar-refractivity contribution in [2.24, 2.45) is 0 Å². The van der Waals surface area contributed by atoms with Gasteiger partial charge in [0, 0.05) is 5.69 Å². The summed E-state index contributed by atoms with van der Waals surface area (Å²) in [5, 5.41) is 0. The second kappa shape index (κ2) is 8.38. The van der Waals surface area contributed by atoms with Crippen LogP contribution in [0.4, 0.5) is 4.39 Å². The molecule has 0 aliphatic rings. The molecule has 158 valence electrons. The zero-order valence-electron chi connectivity index (χ0n) is 18.3. The topological polar surface area (TPSA) is 27.1 Å². The average Bonchev–Trinajstić information content (AvgIpc) is 3.15. The molecule has 1 heterocycles. The molecule has 3 aromatic carbocycles. The highest BCUT2D eigenvalue weighted by atomic mass is 19.1. The monoisotopic (exact) mass is 414 g/mol. The minimum absolute atomic E-state index is 0.153. The summed E-state index contributed by atoms with van der Waals surface area (Å²) in [5.41, 5.74) is 4.46. The molecule has 0 saturated carbocycles. The van der Waals surface area contributed by atoms with E-state index in [2.05, 4.69) is 27.8 Å². The van der Waals surface area contributed by atoms with Crippen molar-refractivity contribution in [3.8, 4) is 11.4 Å². The fourth-order valence-corrected chi connectivity index (χ4v) is 3.48. The molecule has 3 nitrogen and oxygen atoms in total. The summed E-state index contributed by atoms with van der Waals surface area (Å²) in [5.74, 6) is 0.860. The van der Waals surface area contributed by atoms with Gasteiger partial charge in [-0.3, -0.25) is 4.57 Å². The van der Waals surface area contributed by atoms with E-state index in [9.17, 15) is 4.39 Å². The molecule has 0 saturated heterocycles. The van der Waals surface area contributed by atoms with E-state index in [-0.39, 0.29) is 6.10 Å². The van der Waals surface area contributed by atoms with E-state index in [1.165, 1.54) is 0 Å². The normalized spacial score (nSPS) is 12.2. The van der Waals surface area contributed by atoms with Gasteiger partial charge >= 0.3 is 0 Å². The molecular formula is C27H27FN2O. The van der Waals surface area contributed by atoms with E-state index in [1.54, 1.807) is 13.8 Å². The van der Waals surface area contributed by atoms with Crippen molar-refractivity contribution in [1.29, 1.82) is 0 Å².